The quantitative estimate of drug-likeness (QED) is 0.572. The van der Waals surface area contributed by atoms with E-state index in [4.69, 9.17) is 29.0 Å². The second-order valence-electron chi connectivity index (χ2n) is 4.63. The number of hydrogen-bond donors (Lipinski definition) is 2. The number of hydrogen-bond acceptors (Lipinski definition) is 4. The predicted octanol–water partition coefficient (Wildman–Crippen LogP) is 2.78. The first kappa shape index (κ1) is 14.3. The van der Waals surface area contributed by atoms with Crippen molar-refractivity contribution in [3.05, 3.63) is 64.2 Å². The minimum Gasteiger partial charge on any atom is -0.271 e. The largest absolute Gasteiger partial charge is 0.271 e. The first-order chi connectivity index (χ1) is 10.2. The lowest BCUT2D eigenvalue weighted by Gasteiger charge is -2.16. The smallest absolute Gasteiger partial charge is 0.0893 e. The Morgan fingerprint density at radius 1 is 1.24 bits per heavy atom. The van der Waals surface area contributed by atoms with Crippen LogP contribution < -0.4 is 11.3 Å². The van der Waals surface area contributed by atoms with Crippen molar-refractivity contribution in [3.8, 4) is 0 Å². The van der Waals surface area contributed by atoms with Crippen LogP contribution in [0.1, 0.15) is 17.2 Å². The van der Waals surface area contributed by atoms with Crippen LogP contribution in [0.25, 0.3) is 5.52 Å². The maximum atomic E-state index is 6.22. The molecule has 1 unspecified atom stereocenters. The topological polar surface area (TPSA) is 68.2 Å². The maximum Gasteiger partial charge on any atom is 0.0893 e. The summed E-state index contributed by atoms with van der Waals surface area (Å²) in [4.78, 5) is 4.12. The molecule has 1 aromatic carbocycles. The van der Waals surface area contributed by atoms with Gasteiger partial charge in [0.1, 0.15) is 0 Å². The molecule has 0 spiro atoms. The third-order valence-corrected chi connectivity index (χ3v) is 4.11. The summed E-state index contributed by atoms with van der Waals surface area (Å²) in [7, 11) is 0. The van der Waals surface area contributed by atoms with E-state index >= 15 is 0 Å². The molecule has 2 aromatic heterocycles. The Labute approximate surface area is 131 Å². The van der Waals surface area contributed by atoms with Crippen LogP contribution >= 0.6 is 23.2 Å². The molecule has 0 bridgehead atoms. The fourth-order valence-corrected chi connectivity index (χ4v) is 2.86. The highest BCUT2D eigenvalue weighted by Gasteiger charge is 2.18. The van der Waals surface area contributed by atoms with Gasteiger partial charge in [0.15, 0.2) is 0 Å². The Balaban J connectivity index is 1.99. The molecular weight excluding hydrogens is 309 g/mol. The SMILES string of the molecule is NNC(Cc1c(Cl)cccc1Cl)c1cnn2ccncc12. The highest BCUT2D eigenvalue weighted by atomic mass is 35.5. The summed E-state index contributed by atoms with van der Waals surface area (Å²) in [5, 5.41) is 5.53. The monoisotopic (exact) mass is 321 g/mol. The fraction of sp³-hybridized carbons (Fsp3) is 0.143. The van der Waals surface area contributed by atoms with Gasteiger partial charge in [-0.25, -0.2) is 4.52 Å². The van der Waals surface area contributed by atoms with Crippen molar-refractivity contribution in [1.29, 1.82) is 0 Å². The molecule has 3 N–H and O–H groups in total. The van der Waals surface area contributed by atoms with Crippen LogP contribution in [-0.2, 0) is 6.42 Å². The van der Waals surface area contributed by atoms with E-state index in [1.165, 1.54) is 0 Å². The summed E-state index contributed by atoms with van der Waals surface area (Å²) in [6, 6.07) is 5.28. The number of nitrogens with zero attached hydrogens (tertiary/aromatic N) is 3. The summed E-state index contributed by atoms with van der Waals surface area (Å²) in [6.07, 6.45) is 7.55. The van der Waals surface area contributed by atoms with Gasteiger partial charge in [-0.3, -0.25) is 16.3 Å². The second-order valence-corrected chi connectivity index (χ2v) is 5.44. The van der Waals surface area contributed by atoms with Gasteiger partial charge < -0.3 is 0 Å². The Kier molecular flexibility index (Phi) is 4.07. The summed E-state index contributed by atoms with van der Waals surface area (Å²) in [5.41, 5.74) is 5.49. The molecule has 0 aliphatic carbocycles. The molecule has 108 valence electrons. The Morgan fingerprint density at radius 3 is 2.71 bits per heavy atom. The minimum atomic E-state index is -0.163. The van der Waals surface area contributed by atoms with E-state index in [0.717, 1.165) is 16.6 Å². The number of fused-ring (bicyclic) bond motifs is 1. The van der Waals surface area contributed by atoms with Gasteiger partial charge in [-0.1, -0.05) is 29.3 Å². The molecule has 3 aromatic rings. The van der Waals surface area contributed by atoms with E-state index in [1.807, 2.05) is 18.2 Å². The van der Waals surface area contributed by atoms with Gasteiger partial charge in [-0.15, -0.1) is 0 Å². The molecule has 21 heavy (non-hydrogen) atoms. The van der Waals surface area contributed by atoms with Crippen molar-refractivity contribution in [3.63, 3.8) is 0 Å². The van der Waals surface area contributed by atoms with E-state index in [0.29, 0.717) is 16.5 Å². The molecular formula is C14H13Cl2N5. The van der Waals surface area contributed by atoms with Crippen molar-refractivity contribution in [1.82, 2.24) is 20.0 Å². The summed E-state index contributed by atoms with van der Waals surface area (Å²) in [5.74, 6) is 5.71. The molecule has 0 fully saturated rings. The molecule has 7 heteroatoms. The highest BCUT2D eigenvalue weighted by molar-refractivity contribution is 6.36. The molecule has 2 heterocycles. The Hall–Kier alpha value is -1.66. The Morgan fingerprint density at radius 2 is 2.00 bits per heavy atom. The third kappa shape index (κ3) is 2.73. The molecule has 0 radical (unpaired) electrons. The second kappa shape index (κ2) is 5.99. The molecule has 0 saturated carbocycles. The van der Waals surface area contributed by atoms with E-state index in [9.17, 15) is 0 Å². The van der Waals surface area contributed by atoms with E-state index in [1.54, 1.807) is 29.3 Å². The van der Waals surface area contributed by atoms with E-state index < -0.39 is 0 Å². The average Bonchev–Trinajstić information content (AvgIpc) is 2.91. The van der Waals surface area contributed by atoms with Gasteiger partial charge >= 0.3 is 0 Å². The molecule has 0 saturated heterocycles. The normalized spacial score (nSPS) is 12.7. The molecule has 5 nitrogen and oxygen atoms in total. The molecule has 1 atom stereocenters. The minimum absolute atomic E-state index is 0.163. The first-order valence-electron chi connectivity index (χ1n) is 6.37. The van der Waals surface area contributed by atoms with Crippen molar-refractivity contribution in [2.24, 2.45) is 5.84 Å². The zero-order valence-corrected chi connectivity index (χ0v) is 12.5. The number of hydrazine groups is 1. The van der Waals surface area contributed by atoms with Crippen LogP contribution in [0.4, 0.5) is 0 Å². The van der Waals surface area contributed by atoms with Crippen LogP contribution in [0.2, 0.25) is 10.0 Å². The fourth-order valence-electron chi connectivity index (χ4n) is 2.31. The third-order valence-electron chi connectivity index (χ3n) is 3.40. The van der Waals surface area contributed by atoms with Crippen LogP contribution in [0.15, 0.2) is 43.0 Å². The van der Waals surface area contributed by atoms with Gasteiger partial charge in [0.05, 0.1) is 24.0 Å². The number of halogens is 2. The zero-order valence-electron chi connectivity index (χ0n) is 11.0. The van der Waals surface area contributed by atoms with Gasteiger partial charge in [-0.2, -0.15) is 5.10 Å². The van der Waals surface area contributed by atoms with Crippen molar-refractivity contribution >= 4 is 28.7 Å². The van der Waals surface area contributed by atoms with Gasteiger partial charge in [0.2, 0.25) is 0 Å². The number of rotatable bonds is 4. The average molecular weight is 322 g/mol. The highest BCUT2D eigenvalue weighted by Crippen LogP contribution is 2.30. The summed E-state index contributed by atoms with van der Waals surface area (Å²) < 4.78 is 1.75. The lowest BCUT2D eigenvalue weighted by atomic mass is 10.0. The van der Waals surface area contributed by atoms with Gasteiger partial charge in [0, 0.05) is 28.0 Å². The first-order valence-corrected chi connectivity index (χ1v) is 7.12. The standard InChI is InChI=1S/C14H13Cl2N5/c15-11-2-1-3-12(16)9(11)6-13(20-17)10-7-19-21-5-4-18-8-14(10)21/h1-5,7-8,13,20H,6,17H2. The molecule has 0 aliphatic rings. The lowest BCUT2D eigenvalue weighted by Crippen LogP contribution is -2.29. The van der Waals surface area contributed by atoms with Crippen LogP contribution in [-0.4, -0.2) is 14.6 Å². The summed E-state index contributed by atoms with van der Waals surface area (Å²) >= 11 is 12.4. The maximum absolute atomic E-state index is 6.22. The number of nitrogens with one attached hydrogen (secondary N) is 1. The number of benzene rings is 1. The predicted molar refractivity (Wildman–Crippen MR) is 83.2 cm³/mol. The lowest BCUT2D eigenvalue weighted by molar-refractivity contribution is 0.555. The van der Waals surface area contributed by atoms with Crippen LogP contribution in [0.3, 0.4) is 0 Å². The van der Waals surface area contributed by atoms with E-state index in [-0.39, 0.29) is 6.04 Å². The molecule has 3 rings (SSSR count). The zero-order chi connectivity index (χ0) is 14.8. The van der Waals surface area contributed by atoms with E-state index in [2.05, 4.69) is 15.5 Å². The van der Waals surface area contributed by atoms with Gasteiger partial charge in [0.25, 0.3) is 0 Å². The Bertz CT molecular complexity index is 751. The van der Waals surface area contributed by atoms with Crippen molar-refractivity contribution < 1.29 is 0 Å². The summed E-state index contributed by atoms with van der Waals surface area (Å²) in [6.45, 7) is 0. The van der Waals surface area contributed by atoms with Crippen molar-refractivity contribution in [2.45, 2.75) is 12.5 Å². The van der Waals surface area contributed by atoms with Crippen molar-refractivity contribution in [2.75, 3.05) is 0 Å². The van der Waals surface area contributed by atoms with Crippen LogP contribution in [0.5, 0.6) is 0 Å². The molecule has 0 aliphatic heterocycles. The number of aromatic nitrogens is 3. The number of nitrogens with two attached hydrogens (primary N) is 1. The molecule has 0 amide bonds. The van der Waals surface area contributed by atoms with Crippen LogP contribution in [0, 0.1) is 0 Å². The van der Waals surface area contributed by atoms with Gasteiger partial charge in [-0.05, 0) is 24.1 Å².